The van der Waals surface area contributed by atoms with E-state index in [2.05, 4.69) is 12.2 Å². The molecule has 0 aromatic carbocycles. The van der Waals surface area contributed by atoms with Crippen LogP contribution in [0, 0.1) is 17.3 Å². The smallest absolute Gasteiger partial charge is 0.305 e. The Morgan fingerprint density at radius 3 is 2.59 bits per heavy atom. The van der Waals surface area contributed by atoms with Crippen molar-refractivity contribution in [1.29, 1.82) is 0 Å². The largest absolute Gasteiger partial charge is 0.481 e. The van der Waals surface area contributed by atoms with Gasteiger partial charge in [0.2, 0.25) is 5.91 Å². The van der Waals surface area contributed by atoms with E-state index < -0.39 is 30.4 Å². The molecule has 0 aromatic heterocycles. The Balaban J connectivity index is 2.07. The van der Waals surface area contributed by atoms with E-state index in [1.807, 2.05) is 6.92 Å². The second-order valence-corrected chi connectivity index (χ2v) is 7.32. The van der Waals surface area contributed by atoms with Gasteiger partial charge in [-0.05, 0) is 49.4 Å². The highest BCUT2D eigenvalue weighted by Gasteiger charge is 2.52. The van der Waals surface area contributed by atoms with E-state index >= 15 is 0 Å². The topological polar surface area (TPSA) is 113 Å². The molecule has 6 heteroatoms. The van der Waals surface area contributed by atoms with Crippen LogP contribution in [-0.2, 0) is 9.59 Å². The molecule has 5 N–H and O–H groups in total. The van der Waals surface area contributed by atoms with E-state index in [1.165, 1.54) is 6.42 Å². The molecule has 2 saturated carbocycles. The Morgan fingerprint density at radius 1 is 1.45 bits per heavy atom. The average Bonchev–Trinajstić information content (AvgIpc) is 2.98. The van der Waals surface area contributed by atoms with E-state index in [0.717, 1.165) is 19.3 Å². The van der Waals surface area contributed by atoms with Gasteiger partial charge < -0.3 is 21.3 Å². The monoisotopic (exact) mass is 312 g/mol. The molecule has 1 amide bonds. The maximum Gasteiger partial charge on any atom is 0.305 e. The number of aliphatic carboxylic acids is 1. The molecule has 0 aromatic rings. The summed E-state index contributed by atoms with van der Waals surface area (Å²) in [6, 6.07) is -1.41. The minimum absolute atomic E-state index is 0.162. The quantitative estimate of drug-likeness (QED) is 0.557. The van der Waals surface area contributed by atoms with E-state index in [9.17, 15) is 14.7 Å². The first-order valence-corrected chi connectivity index (χ1v) is 8.22. The van der Waals surface area contributed by atoms with Crippen molar-refractivity contribution in [3.63, 3.8) is 0 Å². The molecule has 6 nitrogen and oxygen atoms in total. The summed E-state index contributed by atoms with van der Waals surface area (Å²) in [6.45, 7) is 4.12. The minimum atomic E-state index is -1.10. The number of carbonyl (C=O) groups is 2. The van der Waals surface area contributed by atoms with Gasteiger partial charge in [0, 0.05) is 0 Å². The van der Waals surface area contributed by atoms with Crippen LogP contribution in [-0.4, -0.2) is 40.3 Å². The third-order valence-electron chi connectivity index (χ3n) is 5.67. The van der Waals surface area contributed by atoms with Crippen LogP contribution in [0.5, 0.6) is 0 Å². The molecule has 126 valence electrons. The maximum absolute atomic E-state index is 12.2. The SMILES string of the molecule is CCC(O)C(NC(=O)[C@@H](N)CC(=O)O)C1CC2CCC1(C)C2. The van der Waals surface area contributed by atoms with Crippen LogP contribution in [0.1, 0.15) is 52.4 Å². The molecule has 6 atom stereocenters. The number of nitrogens with two attached hydrogens (primary N) is 1. The number of amides is 1. The Labute approximate surface area is 131 Å². The number of fused-ring (bicyclic) bond motifs is 2. The van der Waals surface area contributed by atoms with Gasteiger partial charge in [0.25, 0.3) is 0 Å². The summed E-state index contributed by atoms with van der Waals surface area (Å²) in [5.41, 5.74) is 5.80. The number of aliphatic hydroxyl groups excluding tert-OH is 1. The molecular weight excluding hydrogens is 284 g/mol. The fourth-order valence-corrected chi connectivity index (χ4v) is 4.43. The molecule has 0 saturated heterocycles. The fraction of sp³-hybridized carbons (Fsp3) is 0.875. The van der Waals surface area contributed by atoms with Crippen molar-refractivity contribution >= 4 is 11.9 Å². The lowest BCUT2D eigenvalue weighted by Crippen LogP contribution is -2.55. The minimum Gasteiger partial charge on any atom is -0.481 e. The van der Waals surface area contributed by atoms with Crippen LogP contribution in [0.3, 0.4) is 0 Å². The number of carboxylic acids is 1. The van der Waals surface area contributed by atoms with Crippen LogP contribution in [0.4, 0.5) is 0 Å². The number of rotatable bonds is 7. The number of nitrogens with one attached hydrogen (secondary N) is 1. The molecule has 0 aliphatic heterocycles. The van der Waals surface area contributed by atoms with Gasteiger partial charge in [0.05, 0.1) is 24.6 Å². The van der Waals surface area contributed by atoms with Gasteiger partial charge in [-0.25, -0.2) is 0 Å². The molecule has 5 unspecified atom stereocenters. The van der Waals surface area contributed by atoms with E-state index in [-0.39, 0.29) is 17.4 Å². The molecule has 2 rings (SSSR count). The van der Waals surface area contributed by atoms with Crippen LogP contribution in [0.2, 0.25) is 0 Å². The lowest BCUT2D eigenvalue weighted by Gasteiger charge is -2.40. The number of carboxylic acid groups (broad SMARTS) is 1. The summed E-state index contributed by atoms with van der Waals surface area (Å²) >= 11 is 0. The van der Waals surface area contributed by atoms with Gasteiger partial charge >= 0.3 is 5.97 Å². The number of carbonyl (C=O) groups excluding carboxylic acids is 1. The van der Waals surface area contributed by atoms with Crippen LogP contribution in [0.25, 0.3) is 0 Å². The van der Waals surface area contributed by atoms with Crippen molar-refractivity contribution in [1.82, 2.24) is 5.32 Å². The summed E-state index contributed by atoms with van der Waals surface area (Å²) in [5.74, 6) is -0.651. The van der Waals surface area contributed by atoms with Crippen molar-refractivity contribution in [2.24, 2.45) is 23.0 Å². The average molecular weight is 312 g/mol. The molecule has 0 radical (unpaired) electrons. The Morgan fingerprint density at radius 2 is 2.14 bits per heavy atom. The fourth-order valence-electron chi connectivity index (χ4n) is 4.43. The molecule has 0 spiro atoms. The first-order chi connectivity index (χ1) is 10.3. The van der Waals surface area contributed by atoms with Gasteiger partial charge in [0.15, 0.2) is 0 Å². The van der Waals surface area contributed by atoms with Gasteiger partial charge in [-0.1, -0.05) is 13.8 Å². The molecule has 2 bridgehead atoms. The Bertz CT molecular complexity index is 442. The third-order valence-corrected chi connectivity index (χ3v) is 5.67. The summed E-state index contributed by atoms with van der Waals surface area (Å²) in [6.07, 6.45) is 4.07. The van der Waals surface area contributed by atoms with E-state index in [0.29, 0.717) is 12.3 Å². The zero-order chi connectivity index (χ0) is 16.5. The van der Waals surface area contributed by atoms with Crippen LogP contribution < -0.4 is 11.1 Å². The third kappa shape index (κ3) is 3.43. The summed E-state index contributed by atoms with van der Waals surface area (Å²) in [5, 5.41) is 22.0. The molecule has 2 fully saturated rings. The van der Waals surface area contributed by atoms with E-state index in [4.69, 9.17) is 10.8 Å². The first kappa shape index (κ1) is 17.2. The summed E-state index contributed by atoms with van der Waals surface area (Å²) < 4.78 is 0. The van der Waals surface area contributed by atoms with Crippen LogP contribution in [0.15, 0.2) is 0 Å². The van der Waals surface area contributed by atoms with Gasteiger partial charge in [-0.2, -0.15) is 0 Å². The standard InChI is InChI=1S/C16H28N2O4/c1-3-12(19)14(18-15(22)11(17)7-13(20)21)10-6-9-4-5-16(10,2)8-9/h9-12,14,19H,3-8,17H2,1-2H3,(H,18,22)(H,20,21)/t9?,10?,11-,12?,14?,16?/m0/s1. The number of hydrogen-bond acceptors (Lipinski definition) is 4. The Hall–Kier alpha value is -1.14. The predicted octanol–water partition coefficient (Wildman–Crippen LogP) is 0.870. The molecule has 2 aliphatic carbocycles. The van der Waals surface area contributed by atoms with Crippen molar-refractivity contribution in [2.75, 3.05) is 0 Å². The van der Waals surface area contributed by atoms with Gasteiger partial charge in [-0.3, -0.25) is 9.59 Å². The second-order valence-electron chi connectivity index (χ2n) is 7.32. The van der Waals surface area contributed by atoms with Crippen molar-refractivity contribution < 1.29 is 19.8 Å². The zero-order valence-electron chi connectivity index (χ0n) is 13.4. The van der Waals surface area contributed by atoms with Gasteiger partial charge in [0.1, 0.15) is 0 Å². The van der Waals surface area contributed by atoms with Gasteiger partial charge in [-0.15, -0.1) is 0 Å². The second kappa shape index (κ2) is 6.54. The lowest BCUT2D eigenvalue weighted by molar-refractivity contribution is -0.139. The highest BCUT2D eigenvalue weighted by molar-refractivity contribution is 5.86. The predicted molar refractivity (Wildman–Crippen MR) is 82.0 cm³/mol. The van der Waals surface area contributed by atoms with Crippen molar-refractivity contribution in [3.05, 3.63) is 0 Å². The lowest BCUT2D eigenvalue weighted by atomic mass is 9.71. The van der Waals surface area contributed by atoms with Crippen molar-refractivity contribution in [3.8, 4) is 0 Å². The zero-order valence-corrected chi connectivity index (χ0v) is 13.4. The highest BCUT2D eigenvalue weighted by atomic mass is 16.4. The van der Waals surface area contributed by atoms with Crippen molar-refractivity contribution in [2.45, 2.75) is 70.6 Å². The molecule has 0 heterocycles. The molecule has 2 aliphatic rings. The maximum atomic E-state index is 12.2. The summed E-state index contributed by atoms with van der Waals surface area (Å²) in [4.78, 5) is 22.9. The van der Waals surface area contributed by atoms with Crippen LogP contribution >= 0.6 is 0 Å². The Kier molecular flexibility index (Phi) is 5.12. The number of hydrogen-bond donors (Lipinski definition) is 4. The number of aliphatic hydroxyl groups is 1. The highest BCUT2D eigenvalue weighted by Crippen LogP contribution is 2.58. The normalized spacial score (nSPS) is 34.2. The summed E-state index contributed by atoms with van der Waals surface area (Å²) in [7, 11) is 0. The molecule has 22 heavy (non-hydrogen) atoms. The molecular formula is C16H28N2O4. The van der Waals surface area contributed by atoms with E-state index in [1.54, 1.807) is 0 Å². The first-order valence-electron chi connectivity index (χ1n) is 8.22.